The average molecular weight is 334 g/mol. The topological polar surface area (TPSA) is 20.2 Å². The Morgan fingerprint density at radius 1 is 1.06 bits per heavy atom. The minimum Gasteiger partial charge on any atom is -0.383 e. The van der Waals surface area contributed by atoms with Crippen LogP contribution in [-0.4, -0.2) is 5.11 Å². The van der Waals surface area contributed by atoms with Crippen LogP contribution >= 0.6 is 27.5 Å². The van der Waals surface area contributed by atoms with E-state index in [-0.39, 0.29) is 10.0 Å². The van der Waals surface area contributed by atoms with Crippen LogP contribution in [0.5, 0.6) is 0 Å². The fourth-order valence-electron chi connectivity index (χ4n) is 1.61. The molecule has 0 aliphatic rings. The second kappa shape index (κ2) is 5.34. The quantitative estimate of drug-likeness (QED) is 0.804. The zero-order valence-electron chi connectivity index (χ0n) is 9.00. The maximum Gasteiger partial charge on any atom is 0.146 e. The number of aliphatic hydroxyl groups excluding tert-OH is 1. The summed E-state index contributed by atoms with van der Waals surface area (Å²) in [6.07, 6.45) is -1.38. The van der Waals surface area contributed by atoms with Crippen LogP contribution in [0.4, 0.5) is 8.78 Å². The van der Waals surface area contributed by atoms with E-state index in [1.807, 2.05) is 0 Å². The van der Waals surface area contributed by atoms with Crippen molar-refractivity contribution < 1.29 is 13.9 Å². The van der Waals surface area contributed by atoms with Gasteiger partial charge in [0.15, 0.2) is 0 Å². The highest BCUT2D eigenvalue weighted by Crippen LogP contribution is 2.31. The van der Waals surface area contributed by atoms with E-state index in [1.54, 1.807) is 12.1 Å². The summed E-state index contributed by atoms with van der Waals surface area (Å²) < 4.78 is 27.5. The van der Waals surface area contributed by atoms with Gasteiger partial charge in [0.1, 0.15) is 17.7 Å². The van der Waals surface area contributed by atoms with Gasteiger partial charge < -0.3 is 5.11 Å². The van der Waals surface area contributed by atoms with Gasteiger partial charge in [-0.3, -0.25) is 0 Å². The van der Waals surface area contributed by atoms with E-state index in [1.165, 1.54) is 18.2 Å². The zero-order chi connectivity index (χ0) is 13.3. The van der Waals surface area contributed by atoms with Crippen LogP contribution in [0.15, 0.2) is 40.9 Å². The Morgan fingerprint density at radius 2 is 1.67 bits per heavy atom. The van der Waals surface area contributed by atoms with Crippen LogP contribution in [-0.2, 0) is 0 Å². The molecule has 0 heterocycles. The lowest BCUT2D eigenvalue weighted by atomic mass is 10.0. The highest BCUT2D eigenvalue weighted by Gasteiger charge is 2.21. The maximum absolute atomic E-state index is 13.8. The zero-order valence-corrected chi connectivity index (χ0v) is 11.3. The SMILES string of the molecule is OC(c1ccc(Cl)cc1)c1c(F)ccc(Br)c1F. The van der Waals surface area contributed by atoms with Gasteiger partial charge in [-0.05, 0) is 45.8 Å². The molecule has 0 radical (unpaired) electrons. The van der Waals surface area contributed by atoms with Crippen molar-refractivity contribution in [1.29, 1.82) is 0 Å². The number of rotatable bonds is 2. The van der Waals surface area contributed by atoms with Crippen molar-refractivity contribution in [3.63, 3.8) is 0 Å². The number of hydrogen-bond donors (Lipinski definition) is 1. The van der Waals surface area contributed by atoms with E-state index in [9.17, 15) is 13.9 Å². The van der Waals surface area contributed by atoms with Crippen LogP contribution in [0.1, 0.15) is 17.2 Å². The molecule has 18 heavy (non-hydrogen) atoms. The summed E-state index contributed by atoms with van der Waals surface area (Å²) >= 11 is 8.67. The summed E-state index contributed by atoms with van der Waals surface area (Å²) in [6, 6.07) is 8.49. The third-order valence-electron chi connectivity index (χ3n) is 2.54. The van der Waals surface area contributed by atoms with Crippen LogP contribution in [0.3, 0.4) is 0 Å². The molecule has 0 aliphatic heterocycles. The molecule has 0 aromatic heterocycles. The van der Waals surface area contributed by atoms with Gasteiger partial charge in [0, 0.05) is 5.02 Å². The third kappa shape index (κ3) is 2.55. The van der Waals surface area contributed by atoms with Gasteiger partial charge in [-0.1, -0.05) is 23.7 Å². The van der Waals surface area contributed by atoms with Crippen molar-refractivity contribution in [2.75, 3.05) is 0 Å². The molecule has 1 unspecified atom stereocenters. The van der Waals surface area contributed by atoms with Gasteiger partial charge >= 0.3 is 0 Å². The second-order valence-corrected chi connectivity index (χ2v) is 5.00. The fraction of sp³-hybridized carbons (Fsp3) is 0.0769. The molecule has 0 saturated carbocycles. The highest BCUT2D eigenvalue weighted by molar-refractivity contribution is 9.10. The van der Waals surface area contributed by atoms with Crippen LogP contribution in [0.2, 0.25) is 5.02 Å². The summed E-state index contributed by atoms with van der Waals surface area (Å²) in [6.45, 7) is 0. The van der Waals surface area contributed by atoms with Gasteiger partial charge in [-0.25, -0.2) is 8.78 Å². The van der Waals surface area contributed by atoms with E-state index in [2.05, 4.69) is 15.9 Å². The van der Waals surface area contributed by atoms with Crippen molar-refractivity contribution in [3.05, 3.63) is 68.7 Å². The molecule has 1 atom stereocenters. The number of halogens is 4. The first kappa shape index (κ1) is 13.5. The number of aliphatic hydroxyl groups is 1. The molecule has 0 bridgehead atoms. The van der Waals surface area contributed by atoms with Gasteiger partial charge in [-0.15, -0.1) is 0 Å². The van der Waals surface area contributed by atoms with E-state index in [0.29, 0.717) is 10.6 Å². The molecule has 2 rings (SSSR count). The van der Waals surface area contributed by atoms with Gasteiger partial charge in [-0.2, -0.15) is 0 Å². The Labute approximate surface area is 116 Å². The number of hydrogen-bond acceptors (Lipinski definition) is 1. The highest BCUT2D eigenvalue weighted by atomic mass is 79.9. The molecule has 2 aromatic rings. The molecule has 1 nitrogen and oxygen atoms in total. The molecular formula is C13H8BrClF2O. The summed E-state index contributed by atoms with van der Waals surface area (Å²) in [7, 11) is 0. The molecule has 2 aromatic carbocycles. The monoisotopic (exact) mass is 332 g/mol. The minimum atomic E-state index is -1.38. The predicted molar refractivity (Wildman–Crippen MR) is 69.6 cm³/mol. The Bertz CT molecular complexity index is 572. The lowest BCUT2D eigenvalue weighted by Crippen LogP contribution is -2.06. The standard InChI is InChI=1S/C13H8BrClF2O/c14-9-5-6-10(16)11(12(9)17)13(18)7-1-3-8(15)4-2-7/h1-6,13,18H. The van der Waals surface area contributed by atoms with E-state index >= 15 is 0 Å². The smallest absolute Gasteiger partial charge is 0.146 e. The summed E-state index contributed by atoms with van der Waals surface area (Å²) in [4.78, 5) is 0. The number of benzene rings is 2. The first-order valence-electron chi connectivity index (χ1n) is 5.07. The first-order valence-corrected chi connectivity index (χ1v) is 6.24. The van der Waals surface area contributed by atoms with Crippen molar-refractivity contribution in [2.24, 2.45) is 0 Å². The summed E-state index contributed by atoms with van der Waals surface area (Å²) in [5.41, 5.74) is -0.0120. The molecule has 0 aliphatic carbocycles. The Kier molecular flexibility index (Phi) is 4.00. The minimum absolute atomic E-state index is 0.104. The van der Waals surface area contributed by atoms with Crippen LogP contribution < -0.4 is 0 Å². The largest absolute Gasteiger partial charge is 0.383 e. The van der Waals surface area contributed by atoms with E-state index in [4.69, 9.17) is 11.6 Å². The van der Waals surface area contributed by atoms with E-state index in [0.717, 1.165) is 6.07 Å². The normalized spacial score (nSPS) is 12.5. The van der Waals surface area contributed by atoms with Crippen molar-refractivity contribution >= 4 is 27.5 Å². The fourth-order valence-corrected chi connectivity index (χ4v) is 2.08. The molecule has 0 spiro atoms. The Morgan fingerprint density at radius 3 is 2.28 bits per heavy atom. The van der Waals surface area contributed by atoms with Crippen molar-refractivity contribution in [3.8, 4) is 0 Å². The summed E-state index contributed by atoms with van der Waals surface area (Å²) in [5.74, 6) is -1.60. The molecule has 5 heteroatoms. The summed E-state index contributed by atoms with van der Waals surface area (Å²) in [5, 5.41) is 10.5. The maximum atomic E-state index is 13.8. The lowest BCUT2D eigenvalue weighted by molar-refractivity contribution is 0.209. The predicted octanol–water partition coefficient (Wildman–Crippen LogP) is 4.46. The van der Waals surface area contributed by atoms with Crippen molar-refractivity contribution in [2.45, 2.75) is 6.10 Å². The molecule has 1 N–H and O–H groups in total. The molecule has 94 valence electrons. The first-order chi connectivity index (χ1) is 8.50. The lowest BCUT2D eigenvalue weighted by Gasteiger charge is -2.14. The van der Waals surface area contributed by atoms with Gasteiger partial charge in [0.25, 0.3) is 0 Å². The molecule has 0 saturated heterocycles. The molecular weight excluding hydrogens is 325 g/mol. The van der Waals surface area contributed by atoms with Gasteiger partial charge in [0.05, 0.1) is 10.0 Å². The Balaban J connectivity index is 2.49. The third-order valence-corrected chi connectivity index (χ3v) is 3.40. The van der Waals surface area contributed by atoms with Crippen LogP contribution in [0.25, 0.3) is 0 Å². The van der Waals surface area contributed by atoms with E-state index < -0.39 is 17.7 Å². The van der Waals surface area contributed by atoms with Crippen LogP contribution in [0, 0.1) is 11.6 Å². The molecule has 0 fully saturated rings. The van der Waals surface area contributed by atoms with Crippen molar-refractivity contribution in [1.82, 2.24) is 0 Å². The second-order valence-electron chi connectivity index (χ2n) is 3.71. The Hall–Kier alpha value is -0.970. The average Bonchev–Trinajstić information content (AvgIpc) is 2.35. The molecule has 0 amide bonds. The van der Waals surface area contributed by atoms with Gasteiger partial charge in [0.2, 0.25) is 0 Å².